The van der Waals surface area contributed by atoms with E-state index in [0.717, 1.165) is 6.42 Å². The minimum Gasteiger partial charge on any atom is -0.344 e. The summed E-state index contributed by atoms with van der Waals surface area (Å²) in [4.78, 5) is 11.0. The molecule has 1 rings (SSSR count). The summed E-state index contributed by atoms with van der Waals surface area (Å²) in [5, 5.41) is 0. The number of carbonyl (C=O) groups is 1. The molecule has 0 aromatic heterocycles. The number of rotatable bonds is 1. The van der Waals surface area contributed by atoms with Gasteiger partial charge in [-0.25, -0.2) is 0 Å². The maximum absolute atomic E-state index is 11.0. The summed E-state index contributed by atoms with van der Waals surface area (Å²) < 4.78 is 0. The van der Waals surface area contributed by atoms with Crippen LogP contribution in [-0.2, 0) is 4.79 Å². The summed E-state index contributed by atoms with van der Waals surface area (Å²) in [5.74, 6) is 1.42. The van der Waals surface area contributed by atoms with Crippen molar-refractivity contribution in [2.75, 3.05) is 0 Å². The Kier molecular flexibility index (Phi) is 9.58. The molecule has 0 radical (unpaired) electrons. The second-order valence-corrected chi connectivity index (χ2v) is 3.48. The van der Waals surface area contributed by atoms with Gasteiger partial charge in [0.25, 0.3) is 0 Å². The first-order chi connectivity index (χ1) is 5.72. The van der Waals surface area contributed by atoms with Crippen LogP contribution in [0, 0.1) is 11.8 Å². The molecule has 0 heterocycles. The van der Waals surface area contributed by atoms with Crippen molar-refractivity contribution in [3.63, 3.8) is 0 Å². The minimum absolute atomic E-state index is 0. The fourth-order valence-electron chi connectivity index (χ4n) is 1.92. The molecule has 80 valence electrons. The highest BCUT2D eigenvalue weighted by Gasteiger charge is 2.24. The Morgan fingerprint density at radius 2 is 1.62 bits per heavy atom. The van der Waals surface area contributed by atoms with Gasteiger partial charge in [0.15, 0.2) is 0 Å². The smallest absolute Gasteiger partial charge is 0.133 e. The SMILES string of the molecule is CC.CC(=O)[C@@H]1CCCC[C@@H]1C.N. The number of hydrogen-bond acceptors (Lipinski definition) is 2. The van der Waals surface area contributed by atoms with Crippen molar-refractivity contribution in [2.45, 2.75) is 53.4 Å². The van der Waals surface area contributed by atoms with Crippen LogP contribution in [-0.4, -0.2) is 5.78 Å². The number of hydrogen-bond donors (Lipinski definition) is 1. The van der Waals surface area contributed by atoms with Crippen molar-refractivity contribution in [3.8, 4) is 0 Å². The van der Waals surface area contributed by atoms with Gasteiger partial charge in [-0.05, 0) is 19.3 Å². The first kappa shape index (κ1) is 15.1. The first-order valence-corrected chi connectivity index (χ1v) is 5.22. The average molecular weight is 187 g/mol. The van der Waals surface area contributed by atoms with Crippen molar-refractivity contribution in [2.24, 2.45) is 11.8 Å². The topological polar surface area (TPSA) is 52.1 Å². The molecule has 2 nitrogen and oxygen atoms in total. The Bertz CT molecular complexity index is 134. The first-order valence-electron chi connectivity index (χ1n) is 5.22. The molecule has 1 saturated carbocycles. The molecule has 0 spiro atoms. The third kappa shape index (κ3) is 5.04. The Hall–Kier alpha value is -0.370. The summed E-state index contributed by atoms with van der Waals surface area (Å²) in [5.41, 5.74) is 0. The van der Waals surface area contributed by atoms with Crippen LogP contribution in [0.25, 0.3) is 0 Å². The highest BCUT2D eigenvalue weighted by molar-refractivity contribution is 5.78. The third-order valence-electron chi connectivity index (χ3n) is 2.63. The Morgan fingerprint density at radius 1 is 1.15 bits per heavy atom. The minimum atomic E-state index is 0. The van der Waals surface area contributed by atoms with Gasteiger partial charge in [0.2, 0.25) is 0 Å². The van der Waals surface area contributed by atoms with E-state index in [4.69, 9.17) is 0 Å². The lowest BCUT2D eigenvalue weighted by Crippen LogP contribution is -2.22. The molecule has 1 aliphatic rings. The van der Waals surface area contributed by atoms with E-state index in [0.29, 0.717) is 17.6 Å². The summed E-state index contributed by atoms with van der Waals surface area (Å²) in [6.45, 7) is 7.93. The average Bonchev–Trinajstić information content (AvgIpc) is 2.08. The van der Waals surface area contributed by atoms with E-state index >= 15 is 0 Å². The predicted octanol–water partition coefficient (Wildman–Crippen LogP) is 3.59. The Labute approximate surface area is 82.7 Å². The van der Waals surface area contributed by atoms with Crippen LogP contribution in [0.15, 0.2) is 0 Å². The van der Waals surface area contributed by atoms with E-state index in [2.05, 4.69) is 6.92 Å². The van der Waals surface area contributed by atoms with Crippen LogP contribution in [0.4, 0.5) is 0 Å². The lowest BCUT2D eigenvalue weighted by atomic mass is 9.78. The van der Waals surface area contributed by atoms with E-state index in [1.807, 2.05) is 13.8 Å². The van der Waals surface area contributed by atoms with Gasteiger partial charge in [-0.3, -0.25) is 4.79 Å². The van der Waals surface area contributed by atoms with Gasteiger partial charge in [-0.1, -0.05) is 40.0 Å². The molecular formula is C11H25NO. The summed E-state index contributed by atoms with van der Waals surface area (Å²) >= 11 is 0. The zero-order valence-electron chi connectivity index (χ0n) is 9.60. The lowest BCUT2D eigenvalue weighted by Gasteiger charge is -2.26. The molecule has 1 aliphatic carbocycles. The van der Waals surface area contributed by atoms with Crippen LogP contribution in [0.2, 0.25) is 0 Å². The quantitative estimate of drug-likeness (QED) is 0.682. The van der Waals surface area contributed by atoms with Crippen molar-refractivity contribution in [1.82, 2.24) is 6.15 Å². The van der Waals surface area contributed by atoms with Gasteiger partial charge in [0, 0.05) is 5.92 Å². The maximum Gasteiger partial charge on any atom is 0.133 e. The normalized spacial score (nSPS) is 26.5. The van der Waals surface area contributed by atoms with Gasteiger partial charge in [0.05, 0.1) is 0 Å². The van der Waals surface area contributed by atoms with Crippen LogP contribution in [0.1, 0.15) is 53.4 Å². The highest BCUT2D eigenvalue weighted by Crippen LogP contribution is 2.29. The molecule has 2 heteroatoms. The van der Waals surface area contributed by atoms with E-state index < -0.39 is 0 Å². The molecule has 0 unspecified atom stereocenters. The molecular weight excluding hydrogens is 162 g/mol. The van der Waals surface area contributed by atoms with Gasteiger partial charge >= 0.3 is 0 Å². The van der Waals surface area contributed by atoms with Gasteiger partial charge in [0.1, 0.15) is 5.78 Å². The Balaban J connectivity index is 0. The molecule has 1 fully saturated rings. The van der Waals surface area contributed by atoms with E-state index in [9.17, 15) is 4.79 Å². The van der Waals surface area contributed by atoms with Crippen LogP contribution >= 0.6 is 0 Å². The van der Waals surface area contributed by atoms with E-state index in [1.54, 1.807) is 6.92 Å². The second kappa shape index (κ2) is 8.24. The monoisotopic (exact) mass is 187 g/mol. The molecule has 0 amide bonds. The fraction of sp³-hybridized carbons (Fsp3) is 0.909. The van der Waals surface area contributed by atoms with E-state index in [1.165, 1.54) is 19.3 Å². The van der Waals surface area contributed by atoms with Crippen molar-refractivity contribution < 1.29 is 4.79 Å². The number of Topliss-reactive ketones (excluding diaryl/α,β-unsaturated/α-hetero) is 1. The summed E-state index contributed by atoms with van der Waals surface area (Å²) in [7, 11) is 0. The van der Waals surface area contributed by atoms with Crippen molar-refractivity contribution in [1.29, 1.82) is 0 Å². The van der Waals surface area contributed by atoms with Gasteiger partial charge in [-0.2, -0.15) is 0 Å². The van der Waals surface area contributed by atoms with Gasteiger partial charge in [-0.15, -0.1) is 0 Å². The van der Waals surface area contributed by atoms with Gasteiger partial charge < -0.3 is 6.15 Å². The zero-order valence-corrected chi connectivity index (χ0v) is 9.60. The summed E-state index contributed by atoms with van der Waals surface area (Å²) in [6.07, 6.45) is 4.97. The largest absolute Gasteiger partial charge is 0.344 e. The third-order valence-corrected chi connectivity index (χ3v) is 2.63. The molecule has 13 heavy (non-hydrogen) atoms. The standard InChI is InChI=1S/C9H16O.C2H6.H3N/c1-7-5-3-4-6-9(7)8(2)10;1-2;/h7,9H,3-6H2,1-2H3;1-2H3;1H3/t7-,9+;;/m0../s1. The van der Waals surface area contributed by atoms with Crippen LogP contribution in [0.3, 0.4) is 0 Å². The lowest BCUT2D eigenvalue weighted by molar-refractivity contribution is -0.123. The molecule has 0 saturated heterocycles. The van der Waals surface area contributed by atoms with Crippen LogP contribution < -0.4 is 6.15 Å². The highest BCUT2D eigenvalue weighted by atomic mass is 16.1. The van der Waals surface area contributed by atoms with Crippen molar-refractivity contribution in [3.05, 3.63) is 0 Å². The molecule has 0 aromatic carbocycles. The fourth-order valence-corrected chi connectivity index (χ4v) is 1.92. The summed E-state index contributed by atoms with van der Waals surface area (Å²) in [6, 6.07) is 0. The maximum atomic E-state index is 11.0. The molecule has 0 aliphatic heterocycles. The number of carbonyl (C=O) groups excluding carboxylic acids is 1. The zero-order chi connectivity index (χ0) is 9.56. The van der Waals surface area contributed by atoms with Crippen LogP contribution in [0.5, 0.6) is 0 Å². The second-order valence-electron chi connectivity index (χ2n) is 3.48. The molecule has 0 aromatic rings. The predicted molar refractivity (Wildman–Crippen MR) is 58.2 cm³/mol. The van der Waals surface area contributed by atoms with Crippen molar-refractivity contribution >= 4 is 5.78 Å². The Morgan fingerprint density at radius 3 is 1.92 bits per heavy atom. The molecule has 3 N–H and O–H groups in total. The molecule has 2 atom stereocenters. The van der Waals surface area contributed by atoms with E-state index in [-0.39, 0.29) is 6.15 Å². The number of ketones is 1. The molecule has 0 bridgehead atoms.